The van der Waals surface area contributed by atoms with Crippen LogP contribution in [0.25, 0.3) is 79.8 Å². The van der Waals surface area contributed by atoms with E-state index in [0.717, 1.165) is 81.8 Å². The first-order chi connectivity index (χ1) is 30.9. The van der Waals surface area contributed by atoms with E-state index in [0.29, 0.717) is 0 Å². The number of fused-ring (bicyclic) bond motifs is 8. The van der Waals surface area contributed by atoms with Gasteiger partial charge in [0.15, 0.2) is 0 Å². The second kappa shape index (κ2) is 16.6. The lowest BCUT2D eigenvalue weighted by atomic mass is 9.78. The lowest BCUT2D eigenvalue weighted by Crippen LogP contribution is -2.16. The van der Waals surface area contributed by atoms with Gasteiger partial charge in [0, 0.05) is 33.2 Å². The number of nitrogens with one attached hydrogen (secondary N) is 2. The highest BCUT2D eigenvalue weighted by atomic mass is 127. The average Bonchev–Trinajstić information content (AvgIpc) is 4.05. The van der Waals surface area contributed by atoms with Gasteiger partial charge in [0.05, 0.1) is 31.9 Å². The molecule has 0 unspecified atom stereocenters. The zero-order valence-electron chi connectivity index (χ0n) is 43.6. The van der Waals surface area contributed by atoms with Crippen LogP contribution in [-0.4, -0.2) is 19.9 Å². The molecule has 4 nitrogen and oxygen atoms in total. The Hall–Kier alpha value is -5.01. The fourth-order valence-corrected chi connectivity index (χ4v) is 9.61. The van der Waals surface area contributed by atoms with Gasteiger partial charge < -0.3 is 9.97 Å². The van der Waals surface area contributed by atoms with E-state index >= 15 is 0 Å². The fourth-order valence-electron chi connectivity index (χ4n) is 9.00. The van der Waals surface area contributed by atoms with Crippen LogP contribution in [0.4, 0.5) is 0 Å². The number of H-pyrrole nitrogens is 2. The van der Waals surface area contributed by atoms with Crippen LogP contribution in [0, 0.1) is 3.57 Å². The molecular formula is C62H73IN4. The highest BCUT2D eigenvalue weighted by molar-refractivity contribution is 14.1. The van der Waals surface area contributed by atoms with Crippen LogP contribution < -0.4 is 0 Å². The highest BCUT2D eigenvalue weighted by Crippen LogP contribution is 2.43. The van der Waals surface area contributed by atoms with Crippen molar-refractivity contribution in [2.75, 3.05) is 0 Å². The molecule has 2 N–H and O–H groups in total. The summed E-state index contributed by atoms with van der Waals surface area (Å²) in [5.74, 6) is 0. The van der Waals surface area contributed by atoms with Crippen LogP contribution in [-0.2, 0) is 32.5 Å². The molecule has 8 bridgehead atoms. The molecule has 6 aromatic rings. The van der Waals surface area contributed by atoms with Gasteiger partial charge in [0.2, 0.25) is 0 Å². The van der Waals surface area contributed by atoms with Crippen molar-refractivity contribution in [2.45, 2.75) is 157 Å². The number of hydrogen-bond donors (Lipinski definition) is 2. The van der Waals surface area contributed by atoms with Gasteiger partial charge in [0.25, 0.3) is 0 Å². The van der Waals surface area contributed by atoms with Gasteiger partial charge in [-0.1, -0.05) is 179 Å². The maximum Gasteiger partial charge on any atom is 0.0792 e. The molecule has 0 fully saturated rings. The molecule has 2 aliphatic heterocycles. The summed E-state index contributed by atoms with van der Waals surface area (Å²) >= 11 is 2.48. The topological polar surface area (TPSA) is 57.4 Å². The van der Waals surface area contributed by atoms with Crippen molar-refractivity contribution in [3.8, 4) is 33.4 Å². The molecule has 0 atom stereocenters. The molecule has 0 saturated carbocycles. The number of hydrogen-bond acceptors (Lipinski definition) is 2. The standard InChI is InChI=1S/C62H73IN4/c1-57(2,3)39-27-36(28-40(33-39)58(4,5)6)53-45-19-21-47(64-45)54(37-29-41(59(7,8)9)34-42(30-37)60(10,11)12)49-23-25-51(66-49)56(63)52-26-24-50(67-52)55(48-22-20-46(53)65-48)38-31-43(61(13,14)15)35-44(32-38)62(16,17)18/h19-35,64,67H,1-18H3. The first-order valence-corrected chi connectivity index (χ1v) is 25.3. The van der Waals surface area contributed by atoms with Crippen LogP contribution in [0.3, 0.4) is 0 Å². The van der Waals surface area contributed by atoms with Crippen LogP contribution in [0.2, 0.25) is 0 Å². The molecule has 0 saturated heterocycles. The Labute approximate surface area is 415 Å². The van der Waals surface area contributed by atoms with Gasteiger partial charge in [-0.15, -0.1) is 0 Å². The Kier molecular flexibility index (Phi) is 12.0. The Morgan fingerprint density at radius 2 is 0.537 bits per heavy atom. The number of halogens is 1. The number of rotatable bonds is 3. The first kappa shape index (κ1) is 48.4. The van der Waals surface area contributed by atoms with E-state index in [1.807, 2.05) is 0 Å². The summed E-state index contributed by atoms with van der Waals surface area (Å²) in [7, 11) is 0. The van der Waals surface area contributed by atoms with Gasteiger partial charge in [-0.05, 0) is 154 Å². The minimum Gasteiger partial charge on any atom is -0.354 e. The summed E-state index contributed by atoms with van der Waals surface area (Å²) in [4.78, 5) is 19.2. The smallest absolute Gasteiger partial charge is 0.0792 e. The van der Waals surface area contributed by atoms with Gasteiger partial charge in [-0.2, -0.15) is 0 Å². The van der Waals surface area contributed by atoms with E-state index in [-0.39, 0.29) is 32.5 Å². The molecule has 0 radical (unpaired) electrons. The third kappa shape index (κ3) is 9.82. The summed E-state index contributed by atoms with van der Waals surface area (Å²) in [6.45, 7) is 41.6. The van der Waals surface area contributed by atoms with Crippen molar-refractivity contribution >= 4 is 69.0 Å². The zero-order chi connectivity index (χ0) is 49.0. The minimum atomic E-state index is -0.0744. The lowest BCUT2D eigenvalue weighted by molar-refractivity contribution is 0.568. The molecular weight excluding hydrogens is 928 g/mol. The second-order valence-corrected chi connectivity index (χ2v) is 26.4. The molecule has 8 rings (SSSR count). The zero-order valence-corrected chi connectivity index (χ0v) is 45.7. The van der Waals surface area contributed by atoms with Crippen molar-refractivity contribution in [1.82, 2.24) is 19.9 Å². The first-order valence-electron chi connectivity index (χ1n) is 24.2. The summed E-state index contributed by atoms with van der Waals surface area (Å²) in [6, 6.07) is 30.5. The quantitative estimate of drug-likeness (QED) is 0.173. The van der Waals surface area contributed by atoms with Crippen LogP contribution >= 0.6 is 22.6 Å². The van der Waals surface area contributed by atoms with Gasteiger partial charge in [-0.3, -0.25) is 0 Å². The molecule has 2 aliphatic rings. The molecule has 0 amide bonds. The second-order valence-electron chi connectivity index (χ2n) is 25.3. The molecule has 67 heavy (non-hydrogen) atoms. The fraction of sp³-hybridized carbons (Fsp3) is 0.387. The van der Waals surface area contributed by atoms with Gasteiger partial charge in [-0.25, -0.2) is 9.97 Å². The third-order valence-corrected chi connectivity index (χ3v) is 14.7. The lowest BCUT2D eigenvalue weighted by Gasteiger charge is -2.26. The number of benzene rings is 3. The molecule has 0 aliphatic carbocycles. The van der Waals surface area contributed by atoms with Crippen LogP contribution in [0.1, 0.15) is 181 Å². The molecule has 3 aromatic carbocycles. The van der Waals surface area contributed by atoms with Crippen molar-refractivity contribution in [1.29, 1.82) is 0 Å². The Morgan fingerprint density at radius 3 is 0.806 bits per heavy atom. The Balaban J connectivity index is 1.59. The SMILES string of the molecule is CC(C)(C)c1cc(-c2c3nc(c(-c4cc(C(C)(C)C)cc(C(C)(C)C)c4)c4ccc([nH]4)c(-c4cc(C(C)(C)C)cc(C(C)(C)C)c4)c4nc(c(I)c5ccc2[nH]5)C=C4)C=C3)cc(C(C)(C)C)c1. The summed E-state index contributed by atoms with van der Waals surface area (Å²) < 4.78 is 1.06. The van der Waals surface area contributed by atoms with Crippen molar-refractivity contribution in [3.05, 3.63) is 139 Å². The number of nitrogens with zero attached hydrogens (tertiary/aromatic N) is 2. The molecule has 5 heterocycles. The van der Waals surface area contributed by atoms with E-state index in [4.69, 9.17) is 9.97 Å². The maximum atomic E-state index is 5.73. The van der Waals surface area contributed by atoms with E-state index in [1.165, 1.54) is 33.4 Å². The molecule has 0 spiro atoms. The normalized spacial score (nSPS) is 13.8. The monoisotopic (exact) mass is 1000 g/mol. The van der Waals surface area contributed by atoms with E-state index in [2.05, 4.69) is 260 Å². The molecule has 3 aromatic heterocycles. The van der Waals surface area contributed by atoms with E-state index in [9.17, 15) is 0 Å². The maximum absolute atomic E-state index is 5.73. The van der Waals surface area contributed by atoms with Crippen molar-refractivity contribution < 1.29 is 0 Å². The van der Waals surface area contributed by atoms with Crippen LogP contribution in [0.5, 0.6) is 0 Å². The van der Waals surface area contributed by atoms with Gasteiger partial charge >= 0.3 is 0 Å². The van der Waals surface area contributed by atoms with Crippen LogP contribution in [0.15, 0.2) is 78.9 Å². The predicted molar refractivity (Wildman–Crippen MR) is 300 cm³/mol. The predicted octanol–water partition coefficient (Wildman–Crippen LogP) is 18.0. The highest BCUT2D eigenvalue weighted by Gasteiger charge is 2.27. The van der Waals surface area contributed by atoms with Crippen molar-refractivity contribution in [3.63, 3.8) is 0 Å². The number of aromatic nitrogens is 4. The largest absolute Gasteiger partial charge is 0.354 e. The third-order valence-electron chi connectivity index (χ3n) is 13.6. The number of aromatic amines is 2. The van der Waals surface area contributed by atoms with Gasteiger partial charge in [0.1, 0.15) is 0 Å². The summed E-state index contributed by atoms with van der Waals surface area (Å²) in [5.41, 5.74) is 21.9. The molecule has 348 valence electrons. The minimum absolute atomic E-state index is 0.0575. The summed E-state index contributed by atoms with van der Waals surface area (Å²) in [5, 5.41) is 0. The van der Waals surface area contributed by atoms with E-state index in [1.54, 1.807) is 0 Å². The Morgan fingerprint density at radius 1 is 0.313 bits per heavy atom. The Bertz CT molecular complexity index is 3010. The average molecular weight is 1000 g/mol. The van der Waals surface area contributed by atoms with E-state index < -0.39 is 0 Å². The summed E-state index contributed by atoms with van der Waals surface area (Å²) in [6.07, 6.45) is 8.85. The molecule has 5 heteroatoms. The van der Waals surface area contributed by atoms with Crippen molar-refractivity contribution in [2.24, 2.45) is 0 Å².